The molecule has 4 heteroatoms. The number of nitrogen functional groups attached to an aromatic ring is 1. The Balaban J connectivity index is 1.95. The Bertz CT molecular complexity index is 637. The summed E-state index contributed by atoms with van der Waals surface area (Å²) in [6, 6.07) is 12.6. The van der Waals surface area contributed by atoms with Gasteiger partial charge in [0, 0.05) is 34.1 Å². The zero-order valence-corrected chi connectivity index (χ0v) is 11.0. The minimum Gasteiger partial charge on any atom is -0.398 e. The van der Waals surface area contributed by atoms with Crippen molar-refractivity contribution in [2.45, 2.75) is 6.42 Å². The summed E-state index contributed by atoms with van der Waals surface area (Å²) in [7, 11) is 0. The van der Waals surface area contributed by atoms with E-state index in [1.165, 1.54) is 0 Å². The Morgan fingerprint density at radius 2 is 1.89 bits per heavy atom. The van der Waals surface area contributed by atoms with Gasteiger partial charge in [-0.15, -0.1) is 0 Å². The maximum atomic E-state index is 12.5. The number of amides is 1. The molecule has 0 fully saturated rings. The number of halogens is 1. The van der Waals surface area contributed by atoms with E-state index in [4.69, 9.17) is 17.3 Å². The number of nitrogens with zero attached hydrogens (tertiary/aromatic N) is 1. The average Bonchev–Trinajstić information content (AvgIpc) is 2.84. The van der Waals surface area contributed by atoms with Crippen LogP contribution in [0.25, 0.3) is 0 Å². The van der Waals surface area contributed by atoms with Crippen LogP contribution in [0.3, 0.4) is 0 Å². The number of carbonyl (C=O) groups excluding carboxylic acids is 1. The number of nitrogens with two attached hydrogens (primary N) is 1. The Hall–Kier alpha value is -2.00. The molecule has 0 radical (unpaired) electrons. The second kappa shape index (κ2) is 4.59. The minimum atomic E-state index is -0.0129. The first kappa shape index (κ1) is 12.1. The van der Waals surface area contributed by atoms with Crippen molar-refractivity contribution >= 4 is 28.9 Å². The predicted molar refractivity (Wildman–Crippen MR) is 77.7 cm³/mol. The molecule has 0 aliphatic carbocycles. The molecular weight excluding hydrogens is 260 g/mol. The largest absolute Gasteiger partial charge is 0.398 e. The van der Waals surface area contributed by atoms with Crippen LogP contribution >= 0.6 is 11.6 Å². The van der Waals surface area contributed by atoms with Gasteiger partial charge in [0.25, 0.3) is 5.91 Å². The average molecular weight is 273 g/mol. The monoisotopic (exact) mass is 272 g/mol. The van der Waals surface area contributed by atoms with E-state index >= 15 is 0 Å². The Labute approximate surface area is 116 Å². The highest BCUT2D eigenvalue weighted by atomic mass is 35.5. The Morgan fingerprint density at radius 1 is 1.16 bits per heavy atom. The molecule has 0 spiro atoms. The summed E-state index contributed by atoms with van der Waals surface area (Å²) in [5.74, 6) is -0.0129. The molecule has 0 atom stereocenters. The normalized spacial score (nSPS) is 13.4. The first-order chi connectivity index (χ1) is 9.16. The number of carbonyl (C=O) groups is 1. The van der Waals surface area contributed by atoms with Crippen LogP contribution in [0.5, 0.6) is 0 Å². The molecule has 0 unspecified atom stereocenters. The molecule has 0 bridgehead atoms. The van der Waals surface area contributed by atoms with Crippen LogP contribution in [-0.4, -0.2) is 12.5 Å². The molecule has 1 aliphatic heterocycles. The Kier molecular flexibility index (Phi) is 2.91. The summed E-state index contributed by atoms with van der Waals surface area (Å²) in [6.07, 6.45) is 0.807. The molecule has 2 N–H and O–H groups in total. The molecule has 3 rings (SSSR count). The maximum absolute atomic E-state index is 12.5. The zero-order chi connectivity index (χ0) is 13.4. The van der Waals surface area contributed by atoms with Crippen LogP contribution in [0.15, 0.2) is 42.5 Å². The third kappa shape index (κ3) is 2.06. The third-order valence-corrected chi connectivity index (χ3v) is 3.65. The lowest BCUT2D eigenvalue weighted by molar-refractivity contribution is 0.0989. The van der Waals surface area contributed by atoms with Crippen LogP contribution in [0.2, 0.25) is 5.02 Å². The summed E-state index contributed by atoms with van der Waals surface area (Å²) in [5.41, 5.74) is 9.31. The second-order valence-corrected chi connectivity index (χ2v) is 5.00. The van der Waals surface area contributed by atoms with Crippen molar-refractivity contribution in [3.8, 4) is 0 Å². The lowest BCUT2D eigenvalue weighted by atomic mass is 10.1. The second-order valence-electron chi connectivity index (χ2n) is 4.56. The fourth-order valence-electron chi connectivity index (χ4n) is 2.42. The molecule has 96 valence electrons. The lowest BCUT2D eigenvalue weighted by Gasteiger charge is -2.17. The van der Waals surface area contributed by atoms with Crippen molar-refractivity contribution in [2.75, 3.05) is 17.2 Å². The van der Waals surface area contributed by atoms with Crippen LogP contribution in [0.4, 0.5) is 11.4 Å². The van der Waals surface area contributed by atoms with Gasteiger partial charge in [-0.25, -0.2) is 0 Å². The van der Waals surface area contributed by atoms with E-state index in [9.17, 15) is 4.79 Å². The standard InChI is InChI=1S/C15H13ClN2O/c16-11-6-4-10(5-7-11)15(19)18-9-8-12-13(17)2-1-3-14(12)18/h1-7H,8-9,17H2. The fourth-order valence-corrected chi connectivity index (χ4v) is 2.55. The highest BCUT2D eigenvalue weighted by Gasteiger charge is 2.26. The SMILES string of the molecule is Nc1cccc2c1CCN2C(=O)c1ccc(Cl)cc1. The summed E-state index contributed by atoms with van der Waals surface area (Å²) in [4.78, 5) is 14.2. The van der Waals surface area contributed by atoms with E-state index in [1.54, 1.807) is 29.2 Å². The molecule has 1 heterocycles. The van der Waals surface area contributed by atoms with Crippen LogP contribution in [0.1, 0.15) is 15.9 Å². The van der Waals surface area contributed by atoms with Gasteiger partial charge in [0.05, 0.1) is 0 Å². The lowest BCUT2D eigenvalue weighted by Crippen LogP contribution is -2.28. The van der Waals surface area contributed by atoms with E-state index in [2.05, 4.69) is 0 Å². The zero-order valence-electron chi connectivity index (χ0n) is 10.3. The van der Waals surface area contributed by atoms with E-state index in [1.807, 2.05) is 18.2 Å². The predicted octanol–water partition coefficient (Wildman–Crippen LogP) is 3.13. The van der Waals surface area contributed by atoms with Gasteiger partial charge >= 0.3 is 0 Å². The van der Waals surface area contributed by atoms with Gasteiger partial charge in [0.1, 0.15) is 0 Å². The molecule has 0 aromatic heterocycles. The van der Waals surface area contributed by atoms with Gasteiger partial charge in [0.2, 0.25) is 0 Å². The van der Waals surface area contributed by atoms with Gasteiger partial charge in [0.15, 0.2) is 0 Å². The fraction of sp³-hybridized carbons (Fsp3) is 0.133. The molecule has 1 amide bonds. The van der Waals surface area contributed by atoms with E-state index in [-0.39, 0.29) is 5.91 Å². The highest BCUT2D eigenvalue weighted by Crippen LogP contribution is 2.33. The molecule has 1 aliphatic rings. The van der Waals surface area contributed by atoms with Gasteiger partial charge in [-0.2, -0.15) is 0 Å². The molecule has 19 heavy (non-hydrogen) atoms. The molecule has 2 aromatic rings. The van der Waals surface area contributed by atoms with Crippen molar-refractivity contribution in [3.63, 3.8) is 0 Å². The van der Waals surface area contributed by atoms with Gasteiger partial charge in [-0.05, 0) is 42.8 Å². The summed E-state index contributed by atoms with van der Waals surface area (Å²) >= 11 is 5.84. The highest BCUT2D eigenvalue weighted by molar-refractivity contribution is 6.30. The first-order valence-electron chi connectivity index (χ1n) is 6.11. The summed E-state index contributed by atoms with van der Waals surface area (Å²) < 4.78 is 0. The smallest absolute Gasteiger partial charge is 0.258 e. The molecule has 2 aromatic carbocycles. The van der Waals surface area contributed by atoms with Crippen molar-refractivity contribution in [1.29, 1.82) is 0 Å². The van der Waals surface area contributed by atoms with Crippen molar-refractivity contribution in [1.82, 2.24) is 0 Å². The topological polar surface area (TPSA) is 46.3 Å². The summed E-state index contributed by atoms with van der Waals surface area (Å²) in [5, 5.41) is 0.627. The van der Waals surface area contributed by atoms with E-state index < -0.39 is 0 Å². The number of hydrogen-bond acceptors (Lipinski definition) is 2. The van der Waals surface area contributed by atoms with Crippen molar-refractivity contribution < 1.29 is 4.79 Å². The minimum absolute atomic E-state index is 0.0129. The van der Waals surface area contributed by atoms with Crippen LogP contribution in [-0.2, 0) is 6.42 Å². The van der Waals surface area contributed by atoms with Gasteiger partial charge in [-0.1, -0.05) is 17.7 Å². The quantitative estimate of drug-likeness (QED) is 0.811. The molecule has 3 nitrogen and oxygen atoms in total. The van der Waals surface area contributed by atoms with Crippen LogP contribution in [0, 0.1) is 0 Å². The molecule has 0 saturated heterocycles. The number of rotatable bonds is 1. The first-order valence-corrected chi connectivity index (χ1v) is 6.49. The van der Waals surface area contributed by atoms with Gasteiger partial charge < -0.3 is 10.6 Å². The van der Waals surface area contributed by atoms with Crippen molar-refractivity contribution in [3.05, 3.63) is 58.6 Å². The van der Waals surface area contributed by atoms with E-state index in [0.717, 1.165) is 23.4 Å². The van der Waals surface area contributed by atoms with E-state index in [0.29, 0.717) is 17.1 Å². The van der Waals surface area contributed by atoms with Crippen molar-refractivity contribution in [2.24, 2.45) is 0 Å². The maximum Gasteiger partial charge on any atom is 0.258 e. The Morgan fingerprint density at radius 3 is 2.63 bits per heavy atom. The number of anilines is 2. The third-order valence-electron chi connectivity index (χ3n) is 3.40. The number of hydrogen-bond donors (Lipinski definition) is 1. The summed E-state index contributed by atoms with van der Waals surface area (Å²) in [6.45, 7) is 0.672. The number of benzene rings is 2. The van der Waals surface area contributed by atoms with Gasteiger partial charge in [-0.3, -0.25) is 4.79 Å². The van der Waals surface area contributed by atoms with Crippen LogP contribution < -0.4 is 10.6 Å². The molecule has 0 saturated carbocycles. The number of fused-ring (bicyclic) bond motifs is 1. The molecular formula is C15H13ClN2O.